The number of rotatable bonds is 11. The van der Waals surface area contributed by atoms with Crippen molar-refractivity contribution in [2.24, 2.45) is 22.5 Å². The van der Waals surface area contributed by atoms with Crippen LogP contribution in [0.3, 0.4) is 0 Å². The number of alkyl halides is 1. The van der Waals surface area contributed by atoms with E-state index in [1.807, 2.05) is 13.8 Å². The average molecular weight is 291 g/mol. The molecule has 3 nitrogen and oxygen atoms in total. The average Bonchev–Trinajstić information content (AvgIpc) is 2.35. The predicted molar refractivity (Wildman–Crippen MR) is 82.3 cm³/mol. The Hall–Kier alpha value is -0.190. The number of halogens is 1. The summed E-state index contributed by atoms with van der Waals surface area (Å²) in [7, 11) is 0. The van der Waals surface area contributed by atoms with Crippen LogP contribution in [-0.4, -0.2) is 36.1 Å². The van der Waals surface area contributed by atoms with E-state index >= 15 is 0 Å². The second-order valence-corrected chi connectivity index (χ2v) is 7.67. The van der Waals surface area contributed by atoms with Gasteiger partial charge in [-0.25, -0.2) is 0 Å². The summed E-state index contributed by atoms with van der Waals surface area (Å²) in [5.74, 6) is -0.214. The second-order valence-electron chi connectivity index (χ2n) is 7.67. The molecule has 0 radical (unpaired) electrons. The Bertz CT molecular complexity index is 253. The number of aliphatic hydroxyl groups is 2. The zero-order valence-corrected chi connectivity index (χ0v) is 13.7. The highest BCUT2D eigenvalue weighted by Crippen LogP contribution is 2.37. The van der Waals surface area contributed by atoms with Crippen molar-refractivity contribution in [2.45, 2.75) is 65.8 Å². The molecule has 4 N–H and O–H groups in total. The lowest BCUT2D eigenvalue weighted by molar-refractivity contribution is 0.125. The Kier molecular flexibility index (Phi) is 8.87. The third kappa shape index (κ3) is 8.18. The van der Waals surface area contributed by atoms with Crippen LogP contribution in [0.15, 0.2) is 0 Å². The maximum atomic E-state index is 12.9. The summed E-state index contributed by atoms with van der Waals surface area (Å²) in [6.45, 7) is 7.91. The molecule has 122 valence electrons. The first-order chi connectivity index (χ1) is 9.17. The van der Waals surface area contributed by atoms with E-state index in [9.17, 15) is 4.39 Å². The molecule has 0 amide bonds. The van der Waals surface area contributed by atoms with Gasteiger partial charge in [0.15, 0.2) is 0 Å². The molecule has 0 aromatic heterocycles. The molecule has 4 heteroatoms. The molecule has 0 bridgehead atoms. The van der Waals surface area contributed by atoms with Crippen molar-refractivity contribution in [3.63, 3.8) is 0 Å². The molecule has 0 rings (SSSR count). The van der Waals surface area contributed by atoms with Crippen molar-refractivity contribution in [2.75, 3.05) is 19.9 Å². The first-order valence-electron chi connectivity index (χ1n) is 7.71. The van der Waals surface area contributed by atoms with Gasteiger partial charge in [-0.15, -0.1) is 0 Å². The van der Waals surface area contributed by atoms with Crippen LogP contribution in [0.4, 0.5) is 4.39 Å². The minimum absolute atomic E-state index is 0.0617. The van der Waals surface area contributed by atoms with Crippen LogP contribution in [-0.2, 0) is 0 Å². The zero-order chi connectivity index (χ0) is 15.8. The van der Waals surface area contributed by atoms with Crippen LogP contribution in [0.2, 0.25) is 0 Å². The molecule has 0 spiro atoms. The Morgan fingerprint density at radius 1 is 1.00 bits per heavy atom. The minimum atomic E-state index is -0.282. The summed E-state index contributed by atoms with van der Waals surface area (Å²) in [4.78, 5) is 0. The first-order valence-corrected chi connectivity index (χ1v) is 7.71. The highest BCUT2D eigenvalue weighted by atomic mass is 19.1. The van der Waals surface area contributed by atoms with Crippen molar-refractivity contribution in [1.82, 2.24) is 0 Å². The largest absolute Gasteiger partial charge is 0.396 e. The van der Waals surface area contributed by atoms with Crippen LogP contribution < -0.4 is 5.73 Å². The smallest absolute Gasteiger partial charge is 0.0945 e. The second kappa shape index (κ2) is 8.96. The summed E-state index contributed by atoms with van der Waals surface area (Å²) >= 11 is 0. The molecule has 0 heterocycles. The molecular weight excluding hydrogens is 257 g/mol. The molecule has 0 fully saturated rings. The van der Waals surface area contributed by atoms with E-state index in [2.05, 4.69) is 13.8 Å². The predicted octanol–water partition coefficient (Wildman–Crippen LogP) is 2.89. The summed E-state index contributed by atoms with van der Waals surface area (Å²) in [6.07, 6.45) is 4.77. The van der Waals surface area contributed by atoms with Crippen molar-refractivity contribution in [3.05, 3.63) is 0 Å². The zero-order valence-electron chi connectivity index (χ0n) is 13.7. The molecule has 0 aromatic carbocycles. The molecule has 0 saturated carbocycles. The minimum Gasteiger partial charge on any atom is -0.396 e. The quantitative estimate of drug-likeness (QED) is 0.513. The number of nitrogens with two attached hydrogens (primary N) is 1. The standard InChI is InChI=1S/C16H34FNO2/c1-15(2,11-16(3,4)12-17)8-6-5-7-14(18)13(9-19)10-20/h13-14,19-20H,5-12,18H2,1-4H3. The lowest BCUT2D eigenvalue weighted by atomic mass is 9.73. The molecule has 20 heavy (non-hydrogen) atoms. The summed E-state index contributed by atoms with van der Waals surface area (Å²) in [5.41, 5.74) is 5.82. The van der Waals surface area contributed by atoms with Crippen molar-refractivity contribution < 1.29 is 14.6 Å². The van der Waals surface area contributed by atoms with Gasteiger partial charge in [-0.1, -0.05) is 40.5 Å². The Morgan fingerprint density at radius 2 is 1.55 bits per heavy atom. The third-order valence-corrected chi connectivity index (χ3v) is 4.03. The first kappa shape index (κ1) is 19.8. The van der Waals surface area contributed by atoms with E-state index in [1.165, 1.54) is 0 Å². The van der Waals surface area contributed by atoms with E-state index in [0.717, 1.165) is 32.1 Å². The van der Waals surface area contributed by atoms with Crippen LogP contribution in [0.25, 0.3) is 0 Å². The topological polar surface area (TPSA) is 66.5 Å². The fourth-order valence-corrected chi connectivity index (χ4v) is 2.98. The highest BCUT2D eigenvalue weighted by Gasteiger charge is 2.28. The van der Waals surface area contributed by atoms with Gasteiger partial charge in [0.1, 0.15) is 0 Å². The van der Waals surface area contributed by atoms with Gasteiger partial charge < -0.3 is 15.9 Å². The maximum absolute atomic E-state index is 12.9. The number of hydrogen-bond acceptors (Lipinski definition) is 3. The van der Waals surface area contributed by atoms with Crippen molar-refractivity contribution in [3.8, 4) is 0 Å². The lowest BCUT2D eigenvalue weighted by Crippen LogP contribution is -2.34. The number of hydrogen-bond donors (Lipinski definition) is 3. The summed E-state index contributed by atoms with van der Waals surface area (Å²) in [6, 6.07) is -0.143. The monoisotopic (exact) mass is 291 g/mol. The molecule has 1 unspecified atom stereocenters. The number of aliphatic hydroxyl groups excluding tert-OH is 2. The van der Waals surface area contributed by atoms with E-state index in [-0.39, 0.29) is 42.7 Å². The van der Waals surface area contributed by atoms with E-state index in [4.69, 9.17) is 15.9 Å². The molecule has 0 aliphatic carbocycles. The van der Waals surface area contributed by atoms with Gasteiger partial charge in [-0.3, -0.25) is 4.39 Å². The van der Waals surface area contributed by atoms with Crippen LogP contribution in [0.5, 0.6) is 0 Å². The Balaban J connectivity index is 3.99. The van der Waals surface area contributed by atoms with Crippen molar-refractivity contribution in [1.29, 1.82) is 0 Å². The molecule has 0 aromatic rings. The van der Waals surface area contributed by atoms with Gasteiger partial charge in [0.25, 0.3) is 0 Å². The molecule has 0 aliphatic rings. The highest BCUT2D eigenvalue weighted by molar-refractivity contribution is 4.79. The molecule has 1 atom stereocenters. The fourth-order valence-electron chi connectivity index (χ4n) is 2.98. The van der Waals surface area contributed by atoms with E-state index in [1.54, 1.807) is 0 Å². The third-order valence-electron chi connectivity index (χ3n) is 4.03. The van der Waals surface area contributed by atoms with E-state index < -0.39 is 0 Å². The van der Waals surface area contributed by atoms with Crippen LogP contribution in [0.1, 0.15) is 59.8 Å². The molecule has 0 saturated heterocycles. The van der Waals surface area contributed by atoms with Crippen molar-refractivity contribution >= 4 is 0 Å². The van der Waals surface area contributed by atoms with Gasteiger partial charge in [0, 0.05) is 25.2 Å². The van der Waals surface area contributed by atoms with E-state index in [0.29, 0.717) is 0 Å². The van der Waals surface area contributed by atoms with Crippen LogP contribution in [0, 0.1) is 16.7 Å². The van der Waals surface area contributed by atoms with Crippen LogP contribution >= 0.6 is 0 Å². The lowest BCUT2D eigenvalue weighted by Gasteiger charge is -2.33. The van der Waals surface area contributed by atoms with Gasteiger partial charge in [0.05, 0.1) is 6.67 Å². The normalized spacial score (nSPS) is 14.8. The van der Waals surface area contributed by atoms with Gasteiger partial charge >= 0.3 is 0 Å². The van der Waals surface area contributed by atoms with Gasteiger partial charge in [-0.2, -0.15) is 0 Å². The Morgan fingerprint density at radius 3 is 2.00 bits per heavy atom. The fraction of sp³-hybridized carbons (Fsp3) is 1.00. The van der Waals surface area contributed by atoms with Gasteiger partial charge in [-0.05, 0) is 30.1 Å². The maximum Gasteiger partial charge on any atom is 0.0945 e. The summed E-state index contributed by atoms with van der Waals surface area (Å²) in [5, 5.41) is 18.1. The molecule has 0 aliphatic heterocycles. The SMILES string of the molecule is CC(C)(CF)CC(C)(C)CCCCC(N)C(CO)CO. The molecular formula is C16H34FNO2. The van der Waals surface area contributed by atoms with Gasteiger partial charge in [0.2, 0.25) is 0 Å². The Labute approximate surface area is 123 Å². The summed E-state index contributed by atoms with van der Waals surface area (Å²) < 4.78 is 12.9. The number of unbranched alkanes of at least 4 members (excludes halogenated alkanes) is 1.